The third-order valence-corrected chi connectivity index (χ3v) is 6.27. The lowest BCUT2D eigenvalue weighted by molar-refractivity contribution is 0.0922. The maximum atomic E-state index is 12.7. The van der Waals surface area contributed by atoms with Crippen LogP contribution in [-0.2, 0) is 0 Å². The van der Waals surface area contributed by atoms with E-state index in [0.717, 1.165) is 28.3 Å². The normalized spacial score (nSPS) is 33.2. The van der Waals surface area contributed by atoms with E-state index >= 15 is 0 Å². The molecule has 0 bridgehead atoms. The summed E-state index contributed by atoms with van der Waals surface area (Å²) in [6.45, 7) is 0. The third kappa shape index (κ3) is 2.16. The summed E-state index contributed by atoms with van der Waals surface area (Å²) in [5.74, 6) is 3.35. The molecule has 3 aliphatic carbocycles. The zero-order valence-corrected chi connectivity index (χ0v) is 13.4. The Hall–Kier alpha value is -0.630. The van der Waals surface area contributed by atoms with E-state index in [1.54, 1.807) is 0 Å². The molecule has 106 valence electrons. The second kappa shape index (κ2) is 4.98. The summed E-state index contributed by atoms with van der Waals surface area (Å²) in [5.41, 5.74) is 2.34. The van der Waals surface area contributed by atoms with Crippen LogP contribution in [0.4, 0.5) is 0 Å². The van der Waals surface area contributed by atoms with Crippen LogP contribution in [0.15, 0.2) is 22.7 Å². The van der Waals surface area contributed by atoms with Gasteiger partial charge in [-0.1, -0.05) is 54.1 Å². The lowest BCUT2D eigenvalue weighted by Gasteiger charge is -2.29. The Morgan fingerprint density at radius 1 is 1.05 bits per heavy atom. The molecule has 3 atom stereocenters. The monoisotopic (exact) mass is 332 g/mol. The van der Waals surface area contributed by atoms with Gasteiger partial charge in [-0.25, -0.2) is 0 Å². The largest absolute Gasteiger partial charge is 0.294 e. The summed E-state index contributed by atoms with van der Waals surface area (Å²) in [4.78, 5) is 12.7. The summed E-state index contributed by atoms with van der Waals surface area (Å²) in [7, 11) is 0. The number of Topliss-reactive ketones (excluding diaryl/α,β-unsaturated/α-hetero) is 1. The van der Waals surface area contributed by atoms with E-state index in [9.17, 15) is 4.79 Å². The van der Waals surface area contributed by atoms with Gasteiger partial charge in [0.05, 0.1) is 0 Å². The molecule has 0 radical (unpaired) electrons. The number of hydrogen-bond donors (Lipinski definition) is 0. The van der Waals surface area contributed by atoms with Gasteiger partial charge in [0.1, 0.15) is 0 Å². The van der Waals surface area contributed by atoms with Crippen LogP contribution in [-0.4, -0.2) is 5.78 Å². The van der Waals surface area contributed by atoms with E-state index in [1.165, 1.54) is 44.1 Å². The fourth-order valence-electron chi connectivity index (χ4n) is 4.69. The fraction of sp³-hybridized carbons (Fsp3) is 0.611. The van der Waals surface area contributed by atoms with Crippen molar-refractivity contribution < 1.29 is 4.79 Å². The Bertz CT molecular complexity index is 544. The molecule has 0 N–H and O–H groups in total. The van der Waals surface area contributed by atoms with Gasteiger partial charge in [0.15, 0.2) is 5.78 Å². The molecule has 0 saturated heterocycles. The number of halogens is 1. The topological polar surface area (TPSA) is 17.1 Å². The Morgan fingerprint density at radius 2 is 1.85 bits per heavy atom. The number of carbonyl (C=O) groups is 1. The zero-order chi connectivity index (χ0) is 13.7. The smallest absolute Gasteiger partial charge is 0.163 e. The summed E-state index contributed by atoms with van der Waals surface area (Å²) in [6.07, 6.45) is 9.01. The Kier molecular flexibility index (Phi) is 3.25. The minimum absolute atomic E-state index is 0.393. The molecule has 1 aromatic carbocycles. The first kappa shape index (κ1) is 13.1. The number of hydrogen-bond acceptors (Lipinski definition) is 1. The Labute approximate surface area is 129 Å². The number of benzene rings is 1. The number of rotatable bonds is 1. The van der Waals surface area contributed by atoms with Crippen molar-refractivity contribution >= 4 is 21.7 Å². The fourth-order valence-corrected chi connectivity index (χ4v) is 5.05. The van der Waals surface area contributed by atoms with Gasteiger partial charge in [0.2, 0.25) is 0 Å². The lowest BCUT2D eigenvalue weighted by Crippen LogP contribution is -2.22. The summed E-state index contributed by atoms with van der Waals surface area (Å²) >= 11 is 3.52. The standard InChI is InChI=1S/C18H21BrO/c19-12-6-7-13-15-9-16(15)14(10-18(20)17(13)8-12)11-4-2-1-3-5-11/h6-8,11,14-16H,1-5,9-10H2/t14?,15-,16?/m0/s1. The highest BCUT2D eigenvalue weighted by atomic mass is 79.9. The van der Waals surface area contributed by atoms with Gasteiger partial charge in [-0.15, -0.1) is 0 Å². The number of fused-ring (bicyclic) bond motifs is 3. The van der Waals surface area contributed by atoms with E-state index in [-0.39, 0.29) is 0 Å². The molecule has 1 nitrogen and oxygen atoms in total. The van der Waals surface area contributed by atoms with Crippen LogP contribution in [0.2, 0.25) is 0 Å². The molecule has 2 fully saturated rings. The molecule has 2 unspecified atom stereocenters. The third-order valence-electron chi connectivity index (χ3n) is 5.78. The highest BCUT2D eigenvalue weighted by Gasteiger charge is 2.50. The molecule has 20 heavy (non-hydrogen) atoms. The molecule has 2 heteroatoms. The minimum atomic E-state index is 0.393. The van der Waals surface area contributed by atoms with Crippen molar-refractivity contribution in [1.82, 2.24) is 0 Å². The van der Waals surface area contributed by atoms with Crippen molar-refractivity contribution in [3.05, 3.63) is 33.8 Å². The van der Waals surface area contributed by atoms with Gasteiger partial charge >= 0.3 is 0 Å². The van der Waals surface area contributed by atoms with Crippen LogP contribution in [0.1, 0.15) is 66.8 Å². The van der Waals surface area contributed by atoms with Crippen LogP contribution in [0.25, 0.3) is 0 Å². The van der Waals surface area contributed by atoms with Crippen LogP contribution in [0, 0.1) is 17.8 Å². The molecule has 0 aliphatic heterocycles. The van der Waals surface area contributed by atoms with Crippen LogP contribution < -0.4 is 0 Å². The van der Waals surface area contributed by atoms with Gasteiger partial charge in [-0.05, 0) is 47.8 Å². The second-order valence-corrected chi connectivity index (χ2v) is 7.84. The molecular weight excluding hydrogens is 312 g/mol. The van der Waals surface area contributed by atoms with Gasteiger partial charge in [0, 0.05) is 16.5 Å². The van der Waals surface area contributed by atoms with Crippen LogP contribution >= 0.6 is 15.9 Å². The van der Waals surface area contributed by atoms with E-state index in [0.29, 0.717) is 17.6 Å². The second-order valence-electron chi connectivity index (χ2n) is 6.93. The molecule has 0 aromatic heterocycles. The van der Waals surface area contributed by atoms with E-state index in [4.69, 9.17) is 0 Å². The van der Waals surface area contributed by atoms with Gasteiger partial charge in [-0.3, -0.25) is 4.79 Å². The first-order valence-electron chi connectivity index (χ1n) is 8.06. The molecule has 0 heterocycles. The minimum Gasteiger partial charge on any atom is -0.294 e. The van der Waals surface area contributed by atoms with Crippen molar-refractivity contribution in [3.63, 3.8) is 0 Å². The Balaban J connectivity index is 1.65. The van der Waals surface area contributed by atoms with Gasteiger partial charge in [-0.2, -0.15) is 0 Å². The van der Waals surface area contributed by atoms with Crippen molar-refractivity contribution in [2.75, 3.05) is 0 Å². The highest BCUT2D eigenvalue weighted by molar-refractivity contribution is 9.10. The molecule has 0 spiro atoms. The predicted molar refractivity (Wildman–Crippen MR) is 84.0 cm³/mol. The number of ketones is 1. The number of carbonyl (C=O) groups excluding carboxylic acids is 1. The molecule has 2 saturated carbocycles. The lowest BCUT2D eigenvalue weighted by atomic mass is 9.75. The van der Waals surface area contributed by atoms with Crippen LogP contribution in [0.3, 0.4) is 0 Å². The van der Waals surface area contributed by atoms with Crippen molar-refractivity contribution in [2.45, 2.75) is 50.9 Å². The molecule has 3 aliphatic rings. The first-order chi connectivity index (χ1) is 9.74. The van der Waals surface area contributed by atoms with Gasteiger partial charge < -0.3 is 0 Å². The quantitative estimate of drug-likeness (QED) is 0.678. The highest BCUT2D eigenvalue weighted by Crippen LogP contribution is 2.59. The maximum Gasteiger partial charge on any atom is 0.163 e. The van der Waals surface area contributed by atoms with E-state index < -0.39 is 0 Å². The average molecular weight is 333 g/mol. The molecule has 1 aromatic rings. The van der Waals surface area contributed by atoms with E-state index in [2.05, 4.69) is 34.1 Å². The summed E-state index contributed by atoms with van der Waals surface area (Å²) in [6, 6.07) is 6.34. The van der Waals surface area contributed by atoms with Crippen LogP contribution in [0.5, 0.6) is 0 Å². The summed E-state index contributed by atoms with van der Waals surface area (Å²) < 4.78 is 1.04. The first-order valence-corrected chi connectivity index (χ1v) is 8.86. The predicted octanol–water partition coefficient (Wildman–Crippen LogP) is 5.34. The average Bonchev–Trinajstić information content (AvgIpc) is 3.25. The SMILES string of the molecule is O=C1CC(C2CCCCC2)C2C[C@H]2c2ccc(Br)cc21. The maximum absolute atomic E-state index is 12.7. The Morgan fingerprint density at radius 3 is 2.65 bits per heavy atom. The molecular formula is C18H21BrO. The zero-order valence-electron chi connectivity index (χ0n) is 11.8. The van der Waals surface area contributed by atoms with Crippen molar-refractivity contribution in [1.29, 1.82) is 0 Å². The van der Waals surface area contributed by atoms with Gasteiger partial charge in [0.25, 0.3) is 0 Å². The molecule has 0 amide bonds. The van der Waals surface area contributed by atoms with Crippen molar-refractivity contribution in [3.8, 4) is 0 Å². The molecule has 4 rings (SSSR count). The van der Waals surface area contributed by atoms with E-state index in [1.807, 2.05) is 0 Å². The van der Waals surface area contributed by atoms with Crippen molar-refractivity contribution in [2.24, 2.45) is 17.8 Å². The summed E-state index contributed by atoms with van der Waals surface area (Å²) in [5, 5.41) is 0.